The molecule has 1 N–H and O–H groups in total. The molecule has 0 unspecified atom stereocenters. The maximum atomic E-state index is 12.5. The molecule has 1 heterocycles. The van der Waals surface area contributed by atoms with Crippen molar-refractivity contribution < 1.29 is 17.9 Å². The van der Waals surface area contributed by atoms with E-state index in [-0.39, 0.29) is 11.7 Å². The van der Waals surface area contributed by atoms with Crippen molar-refractivity contribution >= 4 is 21.6 Å². The smallest absolute Gasteiger partial charge is 0.251 e. The zero-order valence-electron chi connectivity index (χ0n) is 15.3. The van der Waals surface area contributed by atoms with E-state index in [1.54, 1.807) is 31.4 Å². The second-order valence-electron chi connectivity index (χ2n) is 6.46. The third-order valence-corrected chi connectivity index (χ3v) is 6.49. The number of para-hydroxylation sites is 1. The summed E-state index contributed by atoms with van der Waals surface area (Å²) in [6, 6.07) is 14.5. The van der Waals surface area contributed by atoms with Crippen LogP contribution in [0.25, 0.3) is 0 Å². The molecule has 1 saturated heterocycles. The van der Waals surface area contributed by atoms with E-state index in [1.165, 1.54) is 4.31 Å². The molecule has 0 spiro atoms. The van der Waals surface area contributed by atoms with Gasteiger partial charge in [0.2, 0.25) is 10.0 Å². The topological polar surface area (TPSA) is 75.7 Å². The lowest BCUT2D eigenvalue weighted by molar-refractivity contribution is 0.0954. The molecule has 1 aliphatic rings. The summed E-state index contributed by atoms with van der Waals surface area (Å²) >= 11 is 0. The number of benzene rings is 2. The highest BCUT2D eigenvalue weighted by Gasteiger charge is 2.26. The Labute approximate surface area is 160 Å². The number of carbonyl (C=O) groups is 1. The summed E-state index contributed by atoms with van der Waals surface area (Å²) in [4.78, 5) is 12.5. The van der Waals surface area contributed by atoms with Gasteiger partial charge in [-0.05, 0) is 49.1 Å². The molecule has 0 aliphatic carbocycles. The van der Waals surface area contributed by atoms with E-state index in [1.807, 2.05) is 24.3 Å². The fourth-order valence-corrected chi connectivity index (χ4v) is 4.83. The third-order valence-electron chi connectivity index (χ3n) is 4.62. The van der Waals surface area contributed by atoms with Crippen LogP contribution in [-0.2, 0) is 16.4 Å². The van der Waals surface area contributed by atoms with Gasteiger partial charge in [-0.1, -0.05) is 24.3 Å². The Kier molecular flexibility index (Phi) is 6.01. The van der Waals surface area contributed by atoms with Gasteiger partial charge in [0.25, 0.3) is 5.91 Å². The Bertz CT molecular complexity index is 912. The minimum Gasteiger partial charge on any atom is -0.496 e. The van der Waals surface area contributed by atoms with Crippen molar-refractivity contribution in [1.29, 1.82) is 0 Å². The summed E-state index contributed by atoms with van der Waals surface area (Å²) < 4.78 is 31.3. The highest BCUT2D eigenvalue weighted by molar-refractivity contribution is 7.92. The van der Waals surface area contributed by atoms with Crippen LogP contribution in [0, 0.1) is 0 Å². The zero-order chi connectivity index (χ0) is 19.3. The van der Waals surface area contributed by atoms with Gasteiger partial charge in [0.15, 0.2) is 0 Å². The van der Waals surface area contributed by atoms with Crippen LogP contribution in [-0.4, -0.2) is 40.3 Å². The second kappa shape index (κ2) is 8.43. The van der Waals surface area contributed by atoms with Crippen molar-refractivity contribution in [3.63, 3.8) is 0 Å². The van der Waals surface area contributed by atoms with Gasteiger partial charge in [0.05, 0.1) is 18.6 Å². The van der Waals surface area contributed by atoms with Crippen LogP contribution in [0.15, 0.2) is 48.5 Å². The Morgan fingerprint density at radius 1 is 1.15 bits per heavy atom. The minimum absolute atomic E-state index is 0.155. The number of anilines is 1. The minimum atomic E-state index is -3.29. The zero-order valence-corrected chi connectivity index (χ0v) is 16.2. The first-order valence-electron chi connectivity index (χ1n) is 9.02. The molecule has 27 heavy (non-hydrogen) atoms. The number of hydrogen-bond acceptors (Lipinski definition) is 4. The molecule has 6 nitrogen and oxygen atoms in total. The van der Waals surface area contributed by atoms with Crippen molar-refractivity contribution in [2.45, 2.75) is 19.3 Å². The Morgan fingerprint density at radius 3 is 2.74 bits per heavy atom. The summed E-state index contributed by atoms with van der Waals surface area (Å²) in [5, 5.41) is 2.89. The third kappa shape index (κ3) is 4.60. The Morgan fingerprint density at radius 2 is 1.96 bits per heavy atom. The van der Waals surface area contributed by atoms with Gasteiger partial charge < -0.3 is 10.1 Å². The van der Waals surface area contributed by atoms with E-state index < -0.39 is 10.0 Å². The number of hydrogen-bond donors (Lipinski definition) is 1. The average Bonchev–Trinajstić information content (AvgIpc) is 2.68. The van der Waals surface area contributed by atoms with Gasteiger partial charge in [0, 0.05) is 18.7 Å². The first-order chi connectivity index (χ1) is 13.0. The van der Waals surface area contributed by atoms with Crippen LogP contribution in [0.5, 0.6) is 5.75 Å². The maximum Gasteiger partial charge on any atom is 0.251 e. The molecular formula is C20H24N2O4S. The van der Waals surface area contributed by atoms with Crippen molar-refractivity contribution in [1.82, 2.24) is 5.32 Å². The molecule has 1 amide bonds. The molecule has 3 rings (SSSR count). The molecule has 0 bridgehead atoms. The van der Waals surface area contributed by atoms with Crippen molar-refractivity contribution in [2.24, 2.45) is 0 Å². The summed E-state index contributed by atoms with van der Waals surface area (Å²) in [7, 11) is -1.67. The van der Waals surface area contributed by atoms with E-state index in [2.05, 4.69) is 5.32 Å². The van der Waals surface area contributed by atoms with Crippen LogP contribution < -0.4 is 14.4 Å². The van der Waals surface area contributed by atoms with Gasteiger partial charge >= 0.3 is 0 Å². The molecule has 1 aliphatic heterocycles. The number of amides is 1. The lowest BCUT2D eigenvalue weighted by Gasteiger charge is -2.28. The number of nitrogens with zero attached hydrogens (tertiary/aromatic N) is 1. The molecule has 2 aromatic rings. The molecule has 2 aromatic carbocycles. The SMILES string of the molecule is COc1ccccc1CCNC(=O)c1cccc(N2CCCCS2(=O)=O)c1. The van der Waals surface area contributed by atoms with Crippen LogP contribution in [0.4, 0.5) is 5.69 Å². The monoisotopic (exact) mass is 388 g/mol. The van der Waals surface area contributed by atoms with Gasteiger partial charge in [0.1, 0.15) is 5.75 Å². The number of ether oxygens (including phenoxy) is 1. The first-order valence-corrected chi connectivity index (χ1v) is 10.6. The maximum absolute atomic E-state index is 12.5. The van der Waals surface area contributed by atoms with Crippen LogP contribution in [0.3, 0.4) is 0 Å². The summed E-state index contributed by atoms with van der Waals surface area (Å²) in [6.07, 6.45) is 2.16. The first kappa shape index (κ1) is 19.2. The predicted molar refractivity (Wildman–Crippen MR) is 106 cm³/mol. The van der Waals surface area contributed by atoms with E-state index >= 15 is 0 Å². The fourth-order valence-electron chi connectivity index (χ4n) is 3.20. The van der Waals surface area contributed by atoms with Crippen molar-refractivity contribution in [2.75, 3.05) is 30.3 Å². The largest absolute Gasteiger partial charge is 0.496 e. The highest BCUT2D eigenvalue weighted by Crippen LogP contribution is 2.24. The molecule has 0 radical (unpaired) electrons. The van der Waals surface area contributed by atoms with Gasteiger partial charge in [-0.15, -0.1) is 0 Å². The molecule has 144 valence electrons. The molecule has 7 heteroatoms. The number of sulfonamides is 1. The lowest BCUT2D eigenvalue weighted by atomic mass is 10.1. The van der Waals surface area contributed by atoms with Gasteiger partial charge in [-0.2, -0.15) is 0 Å². The van der Waals surface area contributed by atoms with Gasteiger partial charge in [-0.25, -0.2) is 8.42 Å². The quantitative estimate of drug-likeness (QED) is 0.825. The molecular weight excluding hydrogens is 364 g/mol. The van der Waals surface area contributed by atoms with Crippen LogP contribution in [0.2, 0.25) is 0 Å². The summed E-state index contributed by atoms with van der Waals surface area (Å²) in [6.45, 7) is 0.923. The lowest BCUT2D eigenvalue weighted by Crippen LogP contribution is -2.38. The summed E-state index contributed by atoms with van der Waals surface area (Å²) in [5.74, 6) is 0.729. The number of nitrogens with one attached hydrogen (secondary N) is 1. The average molecular weight is 388 g/mol. The number of carbonyl (C=O) groups excluding carboxylic acids is 1. The fraction of sp³-hybridized carbons (Fsp3) is 0.350. The van der Waals surface area contributed by atoms with E-state index in [9.17, 15) is 13.2 Å². The van der Waals surface area contributed by atoms with E-state index in [0.29, 0.717) is 37.2 Å². The number of methoxy groups -OCH3 is 1. The Balaban J connectivity index is 1.65. The standard InChI is InChI=1S/C20H24N2O4S/c1-26-19-10-3-2-7-16(19)11-12-21-20(23)17-8-6-9-18(15-17)22-13-4-5-14-27(22,24)25/h2-3,6-10,15H,4-5,11-14H2,1H3,(H,21,23). The van der Waals surface area contributed by atoms with Gasteiger partial charge in [-0.3, -0.25) is 9.10 Å². The van der Waals surface area contributed by atoms with Crippen LogP contribution in [0.1, 0.15) is 28.8 Å². The second-order valence-corrected chi connectivity index (χ2v) is 8.48. The molecule has 0 atom stereocenters. The Hall–Kier alpha value is -2.54. The number of rotatable bonds is 6. The molecule has 1 fully saturated rings. The highest BCUT2D eigenvalue weighted by atomic mass is 32.2. The summed E-state index contributed by atoms with van der Waals surface area (Å²) in [5.41, 5.74) is 2.02. The predicted octanol–water partition coefficient (Wildman–Crippen LogP) is 2.60. The van der Waals surface area contributed by atoms with Crippen LogP contribution >= 0.6 is 0 Å². The molecule has 0 aromatic heterocycles. The van der Waals surface area contributed by atoms with Crippen molar-refractivity contribution in [3.05, 3.63) is 59.7 Å². The normalized spacial score (nSPS) is 16.0. The van der Waals surface area contributed by atoms with E-state index in [0.717, 1.165) is 17.7 Å². The molecule has 0 saturated carbocycles. The van der Waals surface area contributed by atoms with E-state index in [4.69, 9.17) is 4.74 Å². The van der Waals surface area contributed by atoms with Crippen molar-refractivity contribution in [3.8, 4) is 5.75 Å².